The fraction of sp³-hybridized carbons (Fsp3) is 0.118. The van der Waals surface area contributed by atoms with Gasteiger partial charge < -0.3 is 10.1 Å². The predicted molar refractivity (Wildman–Crippen MR) is 94.3 cm³/mol. The molecule has 2 aromatic carbocycles. The standard InChI is InChI=1S/C17H14N4O5/c1-26-13-4-2-3-11(7-13)19-16(22)9-20-10-18-15-8-12(21(24)25)5-6-14(15)17(20)23/h2-8,10H,9H2,1H3,(H,19,22). The molecule has 3 rings (SSSR count). The number of benzene rings is 2. The van der Waals surface area contributed by atoms with Gasteiger partial charge in [-0.15, -0.1) is 0 Å². The van der Waals surface area contributed by atoms with Crippen LogP contribution < -0.4 is 15.6 Å². The van der Waals surface area contributed by atoms with Crippen LogP contribution in [0.5, 0.6) is 5.75 Å². The van der Waals surface area contributed by atoms with Crippen molar-refractivity contribution in [3.63, 3.8) is 0 Å². The second-order valence-corrected chi connectivity index (χ2v) is 5.42. The largest absolute Gasteiger partial charge is 0.497 e. The number of non-ortho nitro benzene ring substituents is 1. The van der Waals surface area contributed by atoms with Gasteiger partial charge in [0, 0.05) is 23.9 Å². The first-order chi connectivity index (χ1) is 12.5. The molecule has 0 bridgehead atoms. The summed E-state index contributed by atoms with van der Waals surface area (Å²) in [6.45, 7) is -0.240. The predicted octanol–water partition coefficient (Wildman–Crippen LogP) is 1.95. The third-order valence-electron chi connectivity index (χ3n) is 3.69. The Balaban J connectivity index is 1.83. The summed E-state index contributed by atoms with van der Waals surface area (Å²) < 4.78 is 6.23. The quantitative estimate of drug-likeness (QED) is 0.553. The van der Waals surface area contributed by atoms with Crippen LogP contribution >= 0.6 is 0 Å². The van der Waals surface area contributed by atoms with Crippen LogP contribution in [-0.2, 0) is 11.3 Å². The van der Waals surface area contributed by atoms with Gasteiger partial charge >= 0.3 is 0 Å². The van der Waals surface area contributed by atoms with Crippen LogP contribution in [0, 0.1) is 10.1 Å². The molecule has 0 aliphatic rings. The van der Waals surface area contributed by atoms with Gasteiger partial charge in [-0.25, -0.2) is 4.98 Å². The van der Waals surface area contributed by atoms with Gasteiger partial charge in [0.15, 0.2) is 0 Å². The molecule has 0 atom stereocenters. The summed E-state index contributed by atoms with van der Waals surface area (Å²) in [4.78, 5) is 38.9. The molecule has 0 aliphatic heterocycles. The number of ether oxygens (including phenoxy) is 1. The number of nitrogens with one attached hydrogen (secondary N) is 1. The Morgan fingerprint density at radius 1 is 1.31 bits per heavy atom. The summed E-state index contributed by atoms with van der Waals surface area (Å²) in [5.74, 6) is 0.178. The monoisotopic (exact) mass is 354 g/mol. The van der Waals surface area contributed by atoms with E-state index in [1.807, 2.05) is 0 Å². The molecule has 9 nitrogen and oxygen atoms in total. The van der Waals surface area contributed by atoms with Crippen molar-refractivity contribution in [1.82, 2.24) is 9.55 Å². The Morgan fingerprint density at radius 3 is 2.85 bits per heavy atom. The topological polar surface area (TPSA) is 116 Å². The number of rotatable bonds is 5. The third-order valence-corrected chi connectivity index (χ3v) is 3.69. The lowest BCUT2D eigenvalue weighted by Gasteiger charge is -2.09. The lowest BCUT2D eigenvalue weighted by Crippen LogP contribution is -2.27. The zero-order chi connectivity index (χ0) is 18.7. The van der Waals surface area contributed by atoms with Crippen LogP contribution in [0.3, 0.4) is 0 Å². The van der Waals surface area contributed by atoms with E-state index >= 15 is 0 Å². The second kappa shape index (κ2) is 7.01. The number of carbonyl (C=O) groups is 1. The molecule has 1 N–H and O–H groups in total. The van der Waals surface area contributed by atoms with Crippen LogP contribution in [0.2, 0.25) is 0 Å². The van der Waals surface area contributed by atoms with Gasteiger partial charge in [-0.1, -0.05) is 6.07 Å². The minimum Gasteiger partial charge on any atom is -0.497 e. The molecule has 26 heavy (non-hydrogen) atoms. The highest BCUT2D eigenvalue weighted by Crippen LogP contribution is 2.17. The third kappa shape index (κ3) is 3.51. The number of nitro benzene ring substituents is 1. The Kier molecular flexibility index (Phi) is 4.61. The van der Waals surface area contributed by atoms with Gasteiger partial charge in [-0.2, -0.15) is 0 Å². The van der Waals surface area contributed by atoms with Crippen LogP contribution in [0.15, 0.2) is 53.6 Å². The molecule has 0 aliphatic carbocycles. The number of hydrogen-bond acceptors (Lipinski definition) is 6. The Bertz CT molecular complexity index is 1060. The molecule has 9 heteroatoms. The van der Waals surface area contributed by atoms with E-state index in [2.05, 4.69) is 10.3 Å². The second-order valence-electron chi connectivity index (χ2n) is 5.42. The number of amides is 1. The fourth-order valence-corrected chi connectivity index (χ4v) is 2.43. The Labute approximate surface area is 147 Å². The summed E-state index contributed by atoms with van der Waals surface area (Å²) in [5.41, 5.74) is 0.129. The lowest BCUT2D eigenvalue weighted by molar-refractivity contribution is -0.384. The number of nitrogens with zero attached hydrogens (tertiary/aromatic N) is 3. The molecule has 0 fully saturated rings. The minimum absolute atomic E-state index is 0.155. The smallest absolute Gasteiger partial charge is 0.271 e. The molecule has 1 amide bonds. The summed E-state index contributed by atoms with van der Waals surface area (Å²) in [7, 11) is 1.52. The fourth-order valence-electron chi connectivity index (χ4n) is 2.43. The van der Waals surface area contributed by atoms with Gasteiger partial charge in [-0.3, -0.25) is 24.3 Å². The molecular weight excluding hydrogens is 340 g/mol. The van der Waals surface area contributed by atoms with Crippen LogP contribution in [0.4, 0.5) is 11.4 Å². The van der Waals surface area contributed by atoms with Gasteiger partial charge in [0.25, 0.3) is 11.2 Å². The number of aromatic nitrogens is 2. The SMILES string of the molecule is COc1cccc(NC(=O)Cn2cnc3cc([N+](=O)[O-])ccc3c2=O)c1. The average Bonchev–Trinajstić information content (AvgIpc) is 2.63. The summed E-state index contributed by atoms with van der Waals surface area (Å²) in [6, 6.07) is 10.6. The first-order valence-electron chi connectivity index (χ1n) is 7.55. The molecule has 0 unspecified atom stereocenters. The van der Waals surface area contributed by atoms with Crippen LogP contribution in [0.25, 0.3) is 10.9 Å². The van der Waals surface area contributed by atoms with Gasteiger partial charge in [0.2, 0.25) is 5.91 Å². The van der Waals surface area contributed by atoms with E-state index in [0.717, 1.165) is 4.57 Å². The maximum Gasteiger partial charge on any atom is 0.271 e. The van der Waals surface area contributed by atoms with E-state index in [0.29, 0.717) is 11.4 Å². The molecular formula is C17H14N4O5. The van der Waals surface area contributed by atoms with Crippen molar-refractivity contribution in [3.05, 3.63) is 69.3 Å². The summed E-state index contributed by atoms with van der Waals surface area (Å²) in [6.07, 6.45) is 1.19. The van der Waals surface area contributed by atoms with E-state index < -0.39 is 16.4 Å². The van der Waals surface area contributed by atoms with Crippen molar-refractivity contribution >= 4 is 28.2 Å². The number of fused-ring (bicyclic) bond motifs is 1. The van der Waals surface area contributed by atoms with Crippen molar-refractivity contribution < 1.29 is 14.5 Å². The zero-order valence-electron chi connectivity index (χ0n) is 13.7. The summed E-state index contributed by atoms with van der Waals surface area (Å²) in [5, 5.41) is 13.7. The molecule has 0 saturated heterocycles. The van der Waals surface area contributed by atoms with E-state index in [9.17, 15) is 19.7 Å². The number of methoxy groups -OCH3 is 1. The maximum absolute atomic E-state index is 12.5. The lowest BCUT2D eigenvalue weighted by atomic mass is 10.2. The highest BCUT2D eigenvalue weighted by Gasteiger charge is 2.12. The Hall–Kier alpha value is -3.75. The Morgan fingerprint density at radius 2 is 2.12 bits per heavy atom. The molecule has 1 heterocycles. The summed E-state index contributed by atoms with van der Waals surface area (Å²) >= 11 is 0. The molecule has 3 aromatic rings. The van der Waals surface area contributed by atoms with E-state index in [4.69, 9.17) is 4.74 Å². The first-order valence-corrected chi connectivity index (χ1v) is 7.55. The average molecular weight is 354 g/mol. The van der Waals surface area contributed by atoms with Crippen molar-refractivity contribution in [3.8, 4) is 5.75 Å². The number of nitro groups is 1. The van der Waals surface area contributed by atoms with Gasteiger partial charge in [-0.05, 0) is 18.2 Å². The van der Waals surface area contributed by atoms with Crippen molar-refractivity contribution in [2.75, 3.05) is 12.4 Å². The van der Waals surface area contributed by atoms with Crippen molar-refractivity contribution in [2.24, 2.45) is 0 Å². The zero-order valence-corrected chi connectivity index (χ0v) is 13.7. The van der Waals surface area contributed by atoms with Crippen LogP contribution in [0.1, 0.15) is 0 Å². The van der Waals surface area contributed by atoms with E-state index in [1.165, 1.54) is 31.6 Å². The molecule has 0 spiro atoms. The van der Waals surface area contributed by atoms with Crippen molar-refractivity contribution in [2.45, 2.75) is 6.54 Å². The molecule has 132 valence electrons. The number of anilines is 1. The molecule has 0 saturated carbocycles. The van der Waals surface area contributed by atoms with E-state index in [-0.39, 0.29) is 23.1 Å². The normalized spacial score (nSPS) is 10.5. The molecule has 0 radical (unpaired) electrons. The highest BCUT2D eigenvalue weighted by atomic mass is 16.6. The number of carbonyl (C=O) groups excluding carboxylic acids is 1. The van der Waals surface area contributed by atoms with E-state index in [1.54, 1.807) is 24.3 Å². The van der Waals surface area contributed by atoms with Crippen LogP contribution in [-0.4, -0.2) is 27.5 Å². The minimum atomic E-state index is -0.561. The van der Waals surface area contributed by atoms with Gasteiger partial charge in [0.05, 0.1) is 29.3 Å². The van der Waals surface area contributed by atoms with Gasteiger partial charge in [0.1, 0.15) is 12.3 Å². The highest BCUT2D eigenvalue weighted by molar-refractivity contribution is 5.91. The molecule has 1 aromatic heterocycles. The first kappa shape index (κ1) is 17.1. The number of hydrogen-bond donors (Lipinski definition) is 1. The van der Waals surface area contributed by atoms with Crippen molar-refractivity contribution in [1.29, 1.82) is 0 Å². The maximum atomic E-state index is 12.5.